The van der Waals surface area contributed by atoms with Gasteiger partial charge < -0.3 is 5.11 Å². The molecular weight excluding hydrogens is 190 g/mol. The second-order valence-electron chi connectivity index (χ2n) is 2.92. The van der Waals surface area contributed by atoms with E-state index in [1.165, 1.54) is 6.07 Å². The maximum absolute atomic E-state index is 13.2. The van der Waals surface area contributed by atoms with E-state index in [0.29, 0.717) is 12.0 Å². The molecule has 0 fully saturated rings. The van der Waals surface area contributed by atoms with Crippen LogP contribution >= 0.6 is 0 Å². The topological polar surface area (TPSA) is 37.3 Å². The zero-order valence-corrected chi connectivity index (χ0v) is 7.68. The molecule has 0 aliphatic rings. The van der Waals surface area contributed by atoms with Gasteiger partial charge in [0.15, 0.2) is 11.6 Å². The fraction of sp³-hybridized carbons (Fsp3) is 0.300. The van der Waals surface area contributed by atoms with Gasteiger partial charge in [0.2, 0.25) is 0 Å². The lowest BCUT2D eigenvalue weighted by Crippen LogP contribution is -2.07. The molecule has 1 aromatic carbocycles. The van der Waals surface area contributed by atoms with Gasteiger partial charge in [-0.25, -0.2) is 8.78 Å². The molecule has 0 aliphatic heterocycles. The molecule has 0 radical (unpaired) electrons. The summed E-state index contributed by atoms with van der Waals surface area (Å²) in [6.45, 7) is 1.76. The SMILES string of the molecule is CCc1ccc(F)c(F)c1CC(=O)O. The molecule has 1 N–H and O–H groups in total. The third kappa shape index (κ3) is 2.07. The van der Waals surface area contributed by atoms with Crippen LogP contribution in [0.1, 0.15) is 18.1 Å². The first kappa shape index (κ1) is 10.6. The quantitative estimate of drug-likeness (QED) is 0.811. The van der Waals surface area contributed by atoms with Crippen molar-refractivity contribution in [1.82, 2.24) is 0 Å². The summed E-state index contributed by atoms with van der Waals surface area (Å²) in [7, 11) is 0. The molecule has 1 rings (SSSR count). The van der Waals surface area contributed by atoms with E-state index in [1.807, 2.05) is 0 Å². The normalized spacial score (nSPS) is 10.2. The standard InChI is InChI=1S/C10H10F2O2/c1-2-6-3-4-8(11)10(12)7(6)5-9(13)14/h3-4H,2,5H2,1H3,(H,13,14). The largest absolute Gasteiger partial charge is 0.481 e. The second-order valence-corrected chi connectivity index (χ2v) is 2.92. The number of carboxylic acids is 1. The maximum Gasteiger partial charge on any atom is 0.307 e. The number of halogens is 2. The van der Waals surface area contributed by atoms with Crippen LogP contribution in [0.2, 0.25) is 0 Å². The van der Waals surface area contributed by atoms with Crippen LogP contribution in [-0.2, 0) is 17.6 Å². The van der Waals surface area contributed by atoms with Gasteiger partial charge in [-0.2, -0.15) is 0 Å². The molecule has 0 atom stereocenters. The summed E-state index contributed by atoms with van der Waals surface area (Å²) in [6.07, 6.45) is 0.00653. The Hall–Kier alpha value is -1.45. The smallest absolute Gasteiger partial charge is 0.307 e. The molecule has 4 heteroatoms. The molecule has 0 amide bonds. The van der Waals surface area contributed by atoms with Crippen LogP contribution in [0.5, 0.6) is 0 Å². The average molecular weight is 200 g/mol. The van der Waals surface area contributed by atoms with Gasteiger partial charge in [-0.05, 0) is 18.1 Å². The minimum atomic E-state index is -1.16. The molecule has 76 valence electrons. The highest BCUT2D eigenvalue weighted by molar-refractivity contribution is 5.70. The van der Waals surface area contributed by atoms with Crippen LogP contribution in [0.3, 0.4) is 0 Å². The summed E-state index contributed by atoms with van der Waals surface area (Å²) in [5.41, 5.74) is 0.478. The summed E-state index contributed by atoms with van der Waals surface area (Å²) >= 11 is 0. The van der Waals surface area contributed by atoms with Gasteiger partial charge in [0.1, 0.15) is 0 Å². The van der Waals surface area contributed by atoms with E-state index >= 15 is 0 Å². The van der Waals surface area contributed by atoms with Crippen LogP contribution in [0.25, 0.3) is 0 Å². The Balaban J connectivity index is 3.20. The van der Waals surface area contributed by atoms with Crippen molar-refractivity contribution >= 4 is 5.97 Å². The molecule has 0 saturated carbocycles. The molecule has 0 saturated heterocycles. The van der Waals surface area contributed by atoms with Crippen molar-refractivity contribution in [2.75, 3.05) is 0 Å². The van der Waals surface area contributed by atoms with Crippen LogP contribution < -0.4 is 0 Å². The number of hydrogen-bond acceptors (Lipinski definition) is 1. The highest BCUT2D eigenvalue weighted by Crippen LogP contribution is 2.18. The van der Waals surface area contributed by atoms with E-state index in [1.54, 1.807) is 6.92 Å². The first-order valence-electron chi connectivity index (χ1n) is 4.23. The summed E-state index contributed by atoms with van der Waals surface area (Å²) < 4.78 is 25.9. The van der Waals surface area contributed by atoms with E-state index in [4.69, 9.17) is 5.11 Å². The number of rotatable bonds is 3. The van der Waals surface area contributed by atoms with Crippen LogP contribution in [-0.4, -0.2) is 11.1 Å². The van der Waals surface area contributed by atoms with Gasteiger partial charge in [0, 0.05) is 5.56 Å². The Morgan fingerprint density at radius 2 is 2.07 bits per heavy atom. The number of aliphatic carboxylic acids is 1. The predicted molar refractivity (Wildman–Crippen MR) is 47.1 cm³/mol. The first-order valence-corrected chi connectivity index (χ1v) is 4.23. The summed E-state index contributed by atoms with van der Waals surface area (Å²) in [5.74, 6) is -3.21. The Kier molecular flexibility index (Phi) is 3.17. The van der Waals surface area contributed by atoms with Gasteiger partial charge in [-0.1, -0.05) is 13.0 Å². The molecule has 0 aromatic heterocycles. The zero-order valence-electron chi connectivity index (χ0n) is 7.68. The minimum Gasteiger partial charge on any atom is -0.481 e. The Bertz CT molecular complexity index is 361. The van der Waals surface area contributed by atoms with Crippen molar-refractivity contribution in [1.29, 1.82) is 0 Å². The van der Waals surface area contributed by atoms with Crippen molar-refractivity contribution in [3.05, 3.63) is 34.9 Å². The van der Waals surface area contributed by atoms with Crippen LogP contribution in [0.15, 0.2) is 12.1 Å². The van der Waals surface area contributed by atoms with Crippen molar-refractivity contribution in [2.45, 2.75) is 19.8 Å². The highest BCUT2D eigenvalue weighted by atomic mass is 19.2. The molecule has 14 heavy (non-hydrogen) atoms. The maximum atomic E-state index is 13.2. The fourth-order valence-corrected chi connectivity index (χ4v) is 1.31. The lowest BCUT2D eigenvalue weighted by Gasteiger charge is -2.07. The second kappa shape index (κ2) is 4.17. The van der Waals surface area contributed by atoms with E-state index < -0.39 is 24.0 Å². The summed E-state index contributed by atoms with van der Waals surface area (Å²) in [4.78, 5) is 10.4. The molecular formula is C10H10F2O2. The predicted octanol–water partition coefficient (Wildman–Crippen LogP) is 2.15. The lowest BCUT2D eigenvalue weighted by molar-refractivity contribution is -0.136. The average Bonchev–Trinajstić information content (AvgIpc) is 2.13. The first-order chi connectivity index (χ1) is 6.56. The van der Waals surface area contributed by atoms with Gasteiger partial charge in [0.05, 0.1) is 6.42 Å². The van der Waals surface area contributed by atoms with Crippen molar-refractivity contribution in [3.8, 4) is 0 Å². The molecule has 1 aromatic rings. The number of aryl methyl sites for hydroxylation is 1. The molecule has 0 aliphatic carbocycles. The monoisotopic (exact) mass is 200 g/mol. The molecule has 0 heterocycles. The molecule has 2 nitrogen and oxygen atoms in total. The Morgan fingerprint density at radius 1 is 1.43 bits per heavy atom. The van der Waals surface area contributed by atoms with Crippen LogP contribution in [0.4, 0.5) is 8.78 Å². The Labute approximate surface area is 80.2 Å². The highest BCUT2D eigenvalue weighted by Gasteiger charge is 2.14. The molecule has 0 unspecified atom stereocenters. The third-order valence-electron chi connectivity index (χ3n) is 2.00. The van der Waals surface area contributed by atoms with Crippen molar-refractivity contribution in [3.63, 3.8) is 0 Å². The molecule has 0 bridgehead atoms. The van der Waals surface area contributed by atoms with E-state index in [9.17, 15) is 13.6 Å². The van der Waals surface area contributed by atoms with Gasteiger partial charge in [-0.15, -0.1) is 0 Å². The van der Waals surface area contributed by atoms with Crippen molar-refractivity contribution in [2.24, 2.45) is 0 Å². The number of benzene rings is 1. The number of carboxylic acid groups (broad SMARTS) is 1. The van der Waals surface area contributed by atoms with Crippen LogP contribution in [0, 0.1) is 11.6 Å². The van der Waals surface area contributed by atoms with Crippen molar-refractivity contribution < 1.29 is 18.7 Å². The summed E-state index contributed by atoms with van der Waals surface area (Å²) in [6, 6.07) is 2.43. The zero-order chi connectivity index (χ0) is 10.7. The van der Waals surface area contributed by atoms with Gasteiger partial charge in [0.25, 0.3) is 0 Å². The minimum absolute atomic E-state index is 0.0556. The Morgan fingerprint density at radius 3 is 2.57 bits per heavy atom. The van der Waals surface area contributed by atoms with E-state index in [-0.39, 0.29) is 5.56 Å². The number of carbonyl (C=O) groups is 1. The van der Waals surface area contributed by atoms with E-state index in [2.05, 4.69) is 0 Å². The van der Waals surface area contributed by atoms with Gasteiger partial charge in [-0.3, -0.25) is 4.79 Å². The summed E-state index contributed by atoms with van der Waals surface area (Å²) in [5, 5.41) is 8.51. The van der Waals surface area contributed by atoms with Gasteiger partial charge >= 0.3 is 5.97 Å². The molecule has 0 spiro atoms. The third-order valence-corrected chi connectivity index (χ3v) is 2.00. The van der Waals surface area contributed by atoms with E-state index in [0.717, 1.165) is 6.07 Å². The number of hydrogen-bond donors (Lipinski definition) is 1. The fourth-order valence-electron chi connectivity index (χ4n) is 1.31. The lowest BCUT2D eigenvalue weighted by atomic mass is 10.0.